The van der Waals surface area contributed by atoms with E-state index in [0.29, 0.717) is 25.1 Å². The third-order valence-corrected chi connectivity index (χ3v) is 2.55. The summed E-state index contributed by atoms with van der Waals surface area (Å²) in [7, 11) is 0. The Labute approximate surface area is 101 Å². The molecule has 0 saturated heterocycles. The van der Waals surface area contributed by atoms with Crippen LogP contribution in [0.15, 0.2) is 24.3 Å². The largest absolute Gasteiger partial charge is 0.328 e. The predicted molar refractivity (Wildman–Crippen MR) is 67.3 cm³/mol. The lowest BCUT2D eigenvalue weighted by molar-refractivity contribution is -0.118. The minimum Gasteiger partial charge on any atom is -0.328 e. The van der Waals surface area contributed by atoms with E-state index >= 15 is 0 Å². The normalized spacial score (nSPS) is 12.2. The summed E-state index contributed by atoms with van der Waals surface area (Å²) in [6.45, 7) is 4.27. The van der Waals surface area contributed by atoms with Crippen molar-refractivity contribution in [3.63, 3.8) is 0 Å². The Kier molecular flexibility index (Phi) is 5.10. The Balaban J connectivity index is 2.74. The number of anilines is 1. The van der Waals surface area contributed by atoms with E-state index in [1.54, 1.807) is 17.0 Å². The van der Waals surface area contributed by atoms with Crippen molar-refractivity contribution in [1.29, 1.82) is 0 Å². The molecule has 0 heterocycles. The molecule has 0 aliphatic rings. The molecule has 0 spiro atoms. The molecule has 4 heteroatoms. The fourth-order valence-electron chi connectivity index (χ4n) is 1.63. The van der Waals surface area contributed by atoms with E-state index < -0.39 is 0 Å². The van der Waals surface area contributed by atoms with Gasteiger partial charge in [-0.25, -0.2) is 4.39 Å². The first-order valence-corrected chi connectivity index (χ1v) is 5.86. The summed E-state index contributed by atoms with van der Waals surface area (Å²) in [6, 6.07) is 6.07. The minimum absolute atomic E-state index is 0.00478. The highest BCUT2D eigenvalue weighted by Gasteiger charge is 2.14. The van der Waals surface area contributed by atoms with Crippen LogP contribution in [0.2, 0.25) is 0 Å². The van der Waals surface area contributed by atoms with Gasteiger partial charge in [0, 0.05) is 24.7 Å². The average Bonchev–Trinajstić information content (AvgIpc) is 2.27. The topological polar surface area (TPSA) is 46.3 Å². The molecule has 0 radical (unpaired) electrons. The van der Waals surface area contributed by atoms with Gasteiger partial charge in [0.05, 0.1) is 0 Å². The van der Waals surface area contributed by atoms with Gasteiger partial charge in [-0.1, -0.05) is 6.07 Å². The number of nitrogens with zero attached hydrogens (tertiary/aromatic N) is 1. The Morgan fingerprint density at radius 2 is 2.24 bits per heavy atom. The predicted octanol–water partition coefficient (Wildman–Crippen LogP) is 2.31. The molecule has 0 fully saturated rings. The zero-order valence-corrected chi connectivity index (χ0v) is 10.3. The van der Waals surface area contributed by atoms with Crippen LogP contribution in [0, 0.1) is 5.82 Å². The molecule has 0 saturated carbocycles. The molecule has 3 nitrogen and oxygen atoms in total. The van der Waals surface area contributed by atoms with Crippen LogP contribution < -0.4 is 10.6 Å². The second kappa shape index (κ2) is 6.35. The van der Waals surface area contributed by atoms with E-state index in [1.165, 1.54) is 12.1 Å². The maximum absolute atomic E-state index is 13.1. The van der Waals surface area contributed by atoms with Crippen LogP contribution in [0.1, 0.15) is 26.7 Å². The van der Waals surface area contributed by atoms with Gasteiger partial charge in [-0.15, -0.1) is 0 Å². The standard InChI is InChI=1S/C13H19FN2O/c1-3-16(13(17)8-7-10(2)15)12-6-4-5-11(14)9-12/h4-6,9-10H,3,7-8,15H2,1-2H3. The number of benzene rings is 1. The third kappa shape index (κ3) is 4.15. The van der Waals surface area contributed by atoms with Crippen molar-refractivity contribution in [2.45, 2.75) is 32.7 Å². The van der Waals surface area contributed by atoms with Crippen LogP contribution in [-0.2, 0) is 4.79 Å². The summed E-state index contributed by atoms with van der Waals surface area (Å²) in [5.74, 6) is -0.351. The van der Waals surface area contributed by atoms with Gasteiger partial charge in [0.2, 0.25) is 5.91 Å². The number of halogens is 1. The third-order valence-electron chi connectivity index (χ3n) is 2.55. The first kappa shape index (κ1) is 13.6. The maximum Gasteiger partial charge on any atom is 0.227 e. The molecule has 0 bridgehead atoms. The van der Waals surface area contributed by atoms with Crippen molar-refractivity contribution >= 4 is 11.6 Å². The number of hydrogen-bond donors (Lipinski definition) is 1. The number of nitrogens with two attached hydrogens (primary N) is 1. The average molecular weight is 238 g/mol. The van der Waals surface area contributed by atoms with Crippen LogP contribution >= 0.6 is 0 Å². The molecule has 0 aromatic heterocycles. The van der Waals surface area contributed by atoms with E-state index in [1.807, 2.05) is 13.8 Å². The second-order valence-electron chi connectivity index (χ2n) is 4.13. The monoisotopic (exact) mass is 238 g/mol. The quantitative estimate of drug-likeness (QED) is 0.855. The van der Waals surface area contributed by atoms with E-state index in [4.69, 9.17) is 5.73 Å². The summed E-state index contributed by atoms with van der Waals surface area (Å²) in [6.07, 6.45) is 1.03. The van der Waals surface area contributed by atoms with Crippen LogP contribution in [-0.4, -0.2) is 18.5 Å². The van der Waals surface area contributed by atoms with Crippen molar-refractivity contribution in [2.75, 3.05) is 11.4 Å². The van der Waals surface area contributed by atoms with Gasteiger partial charge in [-0.2, -0.15) is 0 Å². The van der Waals surface area contributed by atoms with Crippen LogP contribution in [0.5, 0.6) is 0 Å². The highest BCUT2D eigenvalue weighted by atomic mass is 19.1. The molecule has 1 aromatic carbocycles. The van der Waals surface area contributed by atoms with Crippen LogP contribution in [0.4, 0.5) is 10.1 Å². The number of carbonyl (C=O) groups excluding carboxylic acids is 1. The fraction of sp³-hybridized carbons (Fsp3) is 0.462. The van der Waals surface area contributed by atoms with Gasteiger partial charge in [-0.3, -0.25) is 4.79 Å². The molecule has 0 aliphatic carbocycles. The van der Waals surface area contributed by atoms with Crippen molar-refractivity contribution < 1.29 is 9.18 Å². The molecule has 1 atom stereocenters. The van der Waals surface area contributed by atoms with Gasteiger partial charge in [0.15, 0.2) is 0 Å². The summed E-state index contributed by atoms with van der Waals surface area (Å²) in [5, 5.41) is 0. The zero-order chi connectivity index (χ0) is 12.8. The van der Waals surface area contributed by atoms with Crippen LogP contribution in [0.3, 0.4) is 0 Å². The van der Waals surface area contributed by atoms with Gasteiger partial charge < -0.3 is 10.6 Å². The lowest BCUT2D eigenvalue weighted by Gasteiger charge is -2.21. The lowest BCUT2D eigenvalue weighted by Crippen LogP contribution is -2.31. The fourth-order valence-corrected chi connectivity index (χ4v) is 1.63. The molecule has 17 heavy (non-hydrogen) atoms. The number of rotatable bonds is 5. The zero-order valence-electron chi connectivity index (χ0n) is 10.3. The van der Waals surface area contributed by atoms with Gasteiger partial charge >= 0.3 is 0 Å². The molecular formula is C13H19FN2O. The Morgan fingerprint density at radius 3 is 2.76 bits per heavy atom. The molecule has 0 aliphatic heterocycles. The van der Waals surface area contributed by atoms with Crippen molar-refractivity contribution in [3.8, 4) is 0 Å². The van der Waals surface area contributed by atoms with E-state index in [2.05, 4.69) is 0 Å². The molecule has 94 valence electrons. The van der Waals surface area contributed by atoms with Gasteiger partial charge in [-0.05, 0) is 38.5 Å². The van der Waals surface area contributed by atoms with E-state index in [9.17, 15) is 9.18 Å². The Hall–Kier alpha value is -1.42. The van der Waals surface area contributed by atoms with E-state index in [0.717, 1.165) is 0 Å². The highest BCUT2D eigenvalue weighted by Crippen LogP contribution is 2.16. The summed E-state index contributed by atoms with van der Waals surface area (Å²) >= 11 is 0. The molecule has 1 amide bonds. The highest BCUT2D eigenvalue weighted by molar-refractivity contribution is 5.93. The first-order valence-electron chi connectivity index (χ1n) is 5.86. The minimum atomic E-state index is -0.332. The Bertz CT molecular complexity index is 379. The number of hydrogen-bond acceptors (Lipinski definition) is 2. The second-order valence-corrected chi connectivity index (χ2v) is 4.13. The summed E-state index contributed by atoms with van der Waals surface area (Å²) in [5.41, 5.74) is 6.21. The van der Waals surface area contributed by atoms with Crippen molar-refractivity contribution in [1.82, 2.24) is 0 Å². The smallest absolute Gasteiger partial charge is 0.227 e. The molecule has 2 N–H and O–H groups in total. The molecular weight excluding hydrogens is 219 g/mol. The lowest BCUT2D eigenvalue weighted by atomic mass is 10.1. The summed E-state index contributed by atoms with van der Waals surface area (Å²) in [4.78, 5) is 13.5. The maximum atomic E-state index is 13.1. The molecule has 1 rings (SSSR count). The number of carbonyl (C=O) groups is 1. The van der Waals surface area contributed by atoms with Crippen molar-refractivity contribution in [2.24, 2.45) is 5.73 Å². The van der Waals surface area contributed by atoms with Crippen LogP contribution in [0.25, 0.3) is 0 Å². The van der Waals surface area contributed by atoms with Gasteiger partial charge in [0.25, 0.3) is 0 Å². The van der Waals surface area contributed by atoms with Crippen molar-refractivity contribution in [3.05, 3.63) is 30.1 Å². The summed E-state index contributed by atoms with van der Waals surface area (Å²) < 4.78 is 13.1. The van der Waals surface area contributed by atoms with Gasteiger partial charge in [0.1, 0.15) is 5.82 Å². The van der Waals surface area contributed by atoms with E-state index in [-0.39, 0.29) is 17.8 Å². The number of amides is 1. The Morgan fingerprint density at radius 1 is 1.53 bits per heavy atom. The molecule has 1 unspecified atom stereocenters. The SMILES string of the molecule is CCN(C(=O)CCC(C)N)c1cccc(F)c1. The first-order chi connectivity index (χ1) is 8.04. The molecule has 1 aromatic rings.